The summed E-state index contributed by atoms with van der Waals surface area (Å²) in [7, 11) is -5.13. The summed E-state index contributed by atoms with van der Waals surface area (Å²) in [6, 6.07) is 0. The van der Waals surface area contributed by atoms with Gasteiger partial charge in [-0.1, -0.05) is 171 Å². The van der Waals surface area contributed by atoms with Gasteiger partial charge in [-0.15, -0.1) is 0 Å². The standard InChI is InChI=1S/C49H85O13P/c1-3-5-7-9-11-13-15-17-19-20-21-22-24-26-28-30-32-34-36-38-43(51)61-41(40-60-63(57,58)62-49-47(55)45(53)44(52)46(54)48(49)56)39-59-42(50)37-35-33-31-29-27-25-23-18-16-14-12-10-8-6-4-2/h5,7,11,13,17,19,21-22,26,28,41,44-49,52-56H,3-4,6,8-10,12,14-16,18,20,23-25,27,29-40H2,1-2H3,(H,57,58)/t41-,44?,45-,46?,47?,48?,49?/m1/s1. The van der Waals surface area contributed by atoms with Crippen LogP contribution in [0.25, 0.3) is 0 Å². The van der Waals surface area contributed by atoms with Gasteiger partial charge in [-0.2, -0.15) is 0 Å². The number of phosphoric ester groups is 1. The van der Waals surface area contributed by atoms with Gasteiger partial charge in [0, 0.05) is 12.8 Å². The van der Waals surface area contributed by atoms with Crippen molar-refractivity contribution in [2.75, 3.05) is 13.2 Å². The third-order valence-corrected chi connectivity index (χ3v) is 11.9. The van der Waals surface area contributed by atoms with Crippen molar-refractivity contribution in [1.29, 1.82) is 0 Å². The number of carbonyl (C=O) groups is 2. The minimum atomic E-state index is -5.13. The molecular formula is C49H85O13P. The lowest BCUT2D eigenvalue weighted by molar-refractivity contribution is -0.220. The molecule has 0 aromatic rings. The smallest absolute Gasteiger partial charge is 0.462 e. The fourth-order valence-electron chi connectivity index (χ4n) is 7.02. The maximum atomic E-state index is 12.8. The van der Waals surface area contributed by atoms with Crippen molar-refractivity contribution in [1.82, 2.24) is 0 Å². The molecule has 0 aliphatic heterocycles. The Morgan fingerprint density at radius 2 is 0.905 bits per heavy atom. The second kappa shape index (κ2) is 38.8. The van der Waals surface area contributed by atoms with Crippen molar-refractivity contribution in [3.63, 3.8) is 0 Å². The lowest BCUT2D eigenvalue weighted by atomic mass is 9.85. The lowest BCUT2D eigenvalue weighted by Crippen LogP contribution is -2.64. The first-order valence-corrected chi connectivity index (χ1v) is 25.6. The van der Waals surface area contributed by atoms with E-state index in [4.69, 9.17) is 18.5 Å². The van der Waals surface area contributed by atoms with Crippen molar-refractivity contribution < 1.29 is 63.1 Å². The second-order valence-electron chi connectivity index (χ2n) is 16.6. The fourth-order valence-corrected chi connectivity index (χ4v) is 7.99. The predicted molar refractivity (Wildman–Crippen MR) is 249 cm³/mol. The monoisotopic (exact) mass is 913 g/mol. The summed E-state index contributed by atoms with van der Waals surface area (Å²) in [6.45, 7) is 3.17. The Balaban J connectivity index is 2.47. The van der Waals surface area contributed by atoms with Crippen LogP contribution in [0.1, 0.15) is 181 Å². The van der Waals surface area contributed by atoms with Crippen molar-refractivity contribution in [2.24, 2.45) is 0 Å². The van der Waals surface area contributed by atoms with Gasteiger partial charge in [0.25, 0.3) is 0 Å². The molecule has 364 valence electrons. The van der Waals surface area contributed by atoms with Crippen LogP contribution >= 0.6 is 7.82 Å². The normalized spacial score (nSPS) is 22.2. The quantitative estimate of drug-likeness (QED) is 0.0147. The van der Waals surface area contributed by atoms with Crippen LogP contribution in [0.3, 0.4) is 0 Å². The summed E-state index contributed by atoms with van der Waals surface area (Å²) in [5.74, 6) is -1.14. The van der Waals surface area contributed by atoms with Crippen LogP contribution in [-0.2, 0) is 32.7 Å². The van der Waals surface area contributed by atoms with Crippen LogP contribution in [0.2, 0.25) is 0 Å². The molecule has 0 amide bonds. The summed E-state index contributed by atoms with van der Waals surface area (Å²) in [4.78, 5) is 35.7. The van der Waals surface area contributed by atoms with E-state index in [1.807, 2.05) is 0 Å². The highest BCUT2D eigenvalue weighted by Gasteiger charge is 2.51. The molecule has 0 spiro atoms. The molecule has 0 heterocycles. The molecule has 1 aliphatic carbocycles. The highest BCUT2D eigenvalue weighted by atomic mass is 31.2. The maximum Gasteiger partial charge on any atom is 0.472 e. The van der Waals surface area contributed by atoms with Gasteiger partial charge in [-0.25, -0.2) is 4.57 Å². The van der Waals surface area contributed by atoms with Crippen molar-refractivity contribution in [3.05, 3.63) is 60.8 Å². The molecule has 1 rings (SSSR count). The van der Waals surface area contributed by atoms with Crippen molar-refractivity contribution in [2.45, 2.75) is 224 Å². The van der Waals surface area contributed by atoms with Crippen LogP contribution < -0.4 is 0 Å². The predicted octanol–water partition coefficient (Wildman–Crippen LogP) is 9.73. The SMILES string of the molecule is CCC=CCC=CCC=CCC=CCC=CCCCCCC(=O)O[C@H](COC(=O)CCCCCCCCCCCCCCCCC)COP(=O)(O)OC1C(O)C(O)C(O)[C@@H](O)C1O. The molecule has 0 saturated heterocycles. The van der Waals surface area contributed by atoms with Gasteiger partial charge in [0.05, 0.1) is 6.61 Å². The minimum absolute atomic E-state index is 0.0566. The molecule has 1 saturated carbocycles. The van der Waals surface area contributed by atoms with Crippen molar-refractivity contribution in [3.8, 4) is 0 Å². The number of hydrogen-bond acceptors (Lipinski definition) is 12. The molecule has 13 nitrogen and oxygen atoms in total. The lowest BCUT2D eigenvalue weighted by Gasteiger charge is -2.41. The Bertz CT molecular complexity index is 1330. The highest BCUT2D eigenvalue weighted by Crippen LogP contribution is 2.47. The molecule has 0 bridgehead atoms. The summed E-state index contributed by atoms with van der Waals surface area (Å²) in [6.07, 6.45) is 34.1. The van der Waals surface area contributed by atoms with E-state index in [9.17, 15) is 44.6 Å². The number of aliphatic hydroxyl groups is 5. The number of rotatable bonds is 39. The van der Waals surface area contributed by atoms with Gasteiger partial charge in [0.15, 0.2) is 6.10 Å². The van der Waals surface area contributed by atoms with Crippen LogP contribution in [0.4, 0.5) is 0 Å². The molecular weight excluding hydrogens is 828 g/mol. The average Bonchev–Trinajstić information content (AvgIpc) is 3.26. The average molecular weight is 913 g/mol. The molecule has 14 heteroatoms. The van der Waals surface area contributed by atoms with Crippen LogP contribution in [0.15, 0.2) is 60.8 Å². The van der Waals surface area contributed by atoms with E-state index >= 15 is 0 Å². The number of carbonyl (C=O) groups excluding carboxylic acids is 2. The zero-order chi connectivity index (χ0) is 46.4. The fraction of sp³-hybridized carbons (Fsp3) is 0.755. The largest absolute Gasteiger partial charge is 0.472 e. The number of phosphoric acid groups is 1. The zero-order valence-electron chi connectivity index (χ0n) is 38.6. The van der Waals surface area contributed by atoms with E-state index in [0.29, 0.717) is 12.8 Å². The summed E-state index contributed by atoms with van der Waals surface area (Å²) in [5.41, 5.74) is 0. The molecule has 8 atom stereocenters. The molecule has 6 N–H and O–H groups in total. The maximum absolute atomic E-state index is 12.8. The van der Waals surface area contributed by atoms with Gasteiger partial charge in [0.1, 0.15) is 43.2 Å². The number of hydrogen-bond donors (Lipinski definition) is 6. The Labute approximate surface area is 379 Å². The molecule has 1 fully saturated rings. The Hall–Kier alpha value is -2.45. The number of ether oxygens (including phenoxy) is 2. The number of allylic oxidation sites excluding steroid dienone is 10. The van der Waals surface area contributed by atoms with Gasteiger partial charge in [-0.3, -0.25) is 18.6 Å². The summed E-state index contributed by atoms with van der Waals surface area (Å²) in [5, 5.41) is 50.2. The number of esters is 2. The summed E-state index contributed by atoms with van der Waals surface area (Å²) < 4.78 is 33.5. The topological polar surface area (TPSA) is 210 Å². The second-order valence-corrected chi connectivity index (χ2v) is 18.0. The first-order chi connectivity index (χ1) is 30.4. The molecule has 0 aromatic heterocycles. The van der Waals surface area contributed by atoms with Gasteiger partial charge in [0.2, 0.25) is 0 Å². The Morgan fingerprint density at radius 1 is 0.508 bits per heavy atom. The van der Waals surface area contributed by atoms with E-state index in [1.54, 1.807) is 0 Å². The Morgan fingerprint density at radius 3 is 1.38 bits per heavy atom. The molecule has 6 unspecified atom stereocenters. The van der Waals surface area contributed by atoms with Crippen LogP contribution in [0.5, 0.6) is 0 Å². The third-order valence-electron chi connectivity index (χ3n) is 10.9. The third kappa shape index (κ3) is 31.2. The number of aliphatic hydroxyl groups excluding tert-OH is 5. The zero-order valence-corrected chi connectivity index (χ0v) is 39.5. The van der Waals surface area contributed by atoms with E-state index in [0.717, 1.165) is 70.6 Å². The van der Waals surface area contributed by atoms with Gasteiger partial charge < -0.3 is 39.9 Å². The van der Waals surface area contributed by atoms with E-state index in [-0.39, 0.29) is 12.8 Å². The summed E-state index contributed by atoms with van der Waals surface area (Å²) >= 11 is 0. The van der Waals surface area contributed by atoms with Crippen LogP contribution in [0, 0.1) is 0 Å². The highest BCUT2D eigenvalue weighted by molar-refractivity contribution is 7.47. The number of unbranched alkanes of at least 4 members (excludes halogenated alkanes) is 17. The Kier molecular flexibility index (Phi) is 36.1. The first kappa shape index (κ1) is 58.6. The van der Waals surface area contributed by atoms with Gasteiger partial charge >= 0.3 is 19.8 Å². The first-order valence-electron chi connectivity index (χ1n) is 24.1. The van der Waals surface area contributed by atoms with E-state index in [2.05, 4.69) is 74.6 Å². The van der Waals surface area contributed by atoms with Crippen LogP contribution in [-0.4, -0.2) is 98.3 Å². The van der Waals surface area contributed by atoms with E-state index in [1.165, 1.54) is 70.6 Å². The minimum Gasteiger partial charge on any atom is -0.462 e. The molecule has 1 aliphatic rings. The van der Waals surface area contributed by atoms with E-state index < -0.39 is 75.7 Å². The van der Waals surface area contributed by atoms with Gasteiger partial charge in [-0.05, 0) is 57.8 Å². The molecule has 0 radical (unpaired) electrons. The van der Waals surface area contributed by atoms with Crippen molar-refractivity contribution >= 4 is 19.8 Å². The molecule has 0 aromatic carbocycles. The molecule has 63 heavy (non-hydrogen) atoms.